The monoisotopic (exact) mass is 348 g/mol. The second-order valence-electron chi connectivity index (χ2n) is 4.54. The first-order chi connectivity index (χ1) is 9.52. The van der Waals surface area contributed by atoms with Crippen molar-refractivity contribution in [1.82, 2.24) is 5.32 Å². The van der Waals surface area contributed by atoms with Crippen LogP contribution in [0.1, 0.15) is 6.92 Å². The molecule has 20 heavy (non-hydrogen) atoms. The number of benzene rings is 1. The van der Waals surface area contributed by atoms with Gasteiger partial charge >= 0.3 is 0 Å². The van der Waals surface area contributed by atoms with Crippen LogP contribution in [0.4, 0.5) is 14.5 Å². The first kappa shape index (κ1) is 15.3. The highest BCUT2D eigenvalue weighted by Gasteiger charge is 2.33. The van der Waals surface area contributed by atoms with Gasteiger partial charge in [-0.05, 0) is 28.5 Å². The van der Waals surface area contributed by atoms with Crippen molar-refractivity contribution in [2.24, 2.45) is 5.92 Å². The van der Waals surface area contributed by atoms with Crippen LogP contribution in [-0.4, -0.2) is 31.7 Å². The quantitative estimate of drug-likeness (QED) is 0.821. The number of nitrogens with one attached hydrogen (secondary N) is 2. The number of rotatable bonds is 4. The molecule has 2 rings (SSSR count). The maximum atomic E-state index is 13.6. The number of carbonyl (C=O) groups excluding carboxylic acids is 1. The van der Waals surface area contributed by atoms with Crippen LogP contribution in [0.3, 0.4) is 0 Å². The number of likely N-dealkylation sites (N-methyl/N-ethyl adjacent to an activating group) is 1. The van der Waals surface area contributed by atoms with Crippen LogP contribution in [0.5, 0.6) is 0 Å². The molecule has 1 saturated heterocycles. The molecule has 1 aliphatic rings. The zero-order valence-electron chi connectivity index (χ0n) is 10.9. The Morgan fingerprint density at radius 1 is 1.40 bits per heavy atom. The van der Waals surface area contributed by atoms with Crippen molar-refractivity contribution in [1.29, 1.82) is 0 Å². The maximum Gasteiger partial charge on any atom is 0.231 e. The molecule has 0 aliphatic carbocycles. The fraction of sp³-hybridized carbons (Fsp3) is 0.462. The molecule has 0 radical (unpaired) electrons. The summed E-state index contributed by atoms with van der Waals surface area (Å²) in [6.45, 7) is 3.38. The summed E-state index contributed by atoms with van der Waals surface area (Å²) in [5.41, 5.74) is -0.0505. The topological polar surface area (TPSA) is 50.4 Å². The van der Waals surface area contributed by atoms with E-state index in [1.54, 1.807) is 0 Å². The molecular formula is C13H15BrF2N2O2. The number of amides is 1. The van der Waals surface area contributed by atoms with E-state index >= 15 is 0 Å². The van der Waals surface area contributed by atoms with Crippen LogP contribution in [-0.2, 0) is 9.53 Å². The minimum atomic E-state index is -0.807. The van der Waals surface area contributed by atoms with Crippen LogP contribution in [0.25, 0.3) is 0 Å². The molecule has 1 aliphatic heterocycles. The molecule has 2 N–H and O–H groups in total. The van der Waals surface area contributed by atoms with Crippen molar-refractivity contribution < 1.29 is 18.3 Å². The number of hydrogen-bond donors (Lipinski definition) is 2. The molecule has 0 saturated carbocycles. The number of anilines is 1. The lowest BCUT2D eigenvalue weighted by Crippen LogP contribution is -2.41. The molecule has 110 valence electrons. The Hall–Kier alpha value is -1.05. The summed E-state index contributed by atoms with van der Waals surface area (Å²) in [4.78, 5) is 12.1. The first-order valence-corrected chi connectivity index (χ1v) is 7.08. The fourth-order valence-electron chi connectivity index (χ4n) is 2.12. The average molecular weight is 349 g/mol. The first-order valence-electron chi connectivity index (χ1n) is 6.29. The number of carbonyl (C=O) groups is 1. The normalized spacial score (nSPS) is 22.0. The van der Waals surface area contributed by atoms with Gasteiger partial charge in [-0.1, -0.05) is 6.92 Å². The second kappa shape index (κ2) is 6.60. The Morgan fingerprint density at radius 3 is 2.85 bits per heavy atom. The summed E-state index contributed by atoms with van der Waals surface area (Å²) in [5.74, 6) is -2.25. The van der Waals surface area contributed by atoms with E-state index in [0.29, 0.717) is 13.2 Å². The van der Waals surface area contributed by atoms with Gasteiger partial charge in [0.05, 0.1) is 29.3 Å². The summed E-state index contributed by atoms with van der Waals surface area (Å²) in [5, 5.41) is 5.63. The van der Waals surface area contributed by atoms with E-state index in [9.17, 15) is 13.6 Å². The van der Waals surface area contributed by atoms with Gasteiger partial charge in [0.15, 0.2) is 0 Å². The van der Waals surface area contributed by atoms with Crippen LogP contribution in [0.15, 0.2) is 16.6 Å². The zero-order chi connectivity index (χ0) is 14.7. The molecule has 1 fully saturated rings. The predicted molar refractivity (Wildman–Crippen MR) is 74.5 cm³/mol. The third kappa shape index (κ3) is 3.34. The van der Waals surface area contributed by atoms with Crippen molar-refractivity contribution in [2.45, 2.75) is 13.0 Å². The van der Waals surface area contributed by atoms with Crippen molar-refractivity contribution in [3.63, 3.8) is 0 Å². The van der Waals surface area contributed by atoms with Gasteiger partial charge < -0.3 is 15.4 Å². The van der Waals surface area contributed by atoms with Gasteiger partial charge in [-0.3, -0.25) is 4.79 Å². The van der Waals surface area contributed by atoms with E-state index < -0.39 is 17.6 Å². The average Bonchev–Trinajstić information content (AvgIpc) is 2.84. The van der Waals surface area contributed by atoms with Crippen molar-refractivity contribution >= 4 is 27.5 Å². The standard InChI is InChI=1S/C13H15BrF2N2O2/c1-2-17-12-6-20-5-7(12)13(19)18-11-3-8(14)9(15)4-10(11)16/h3-4,7,12,17H,2,5-6H2,1H3,(H,18,19). The summed E-state index contributed by atoms with van der Waals surface area (Å²) in [6.07, 6.45) is 0. The van der Waals surface area contributed by atoms with Gasteiger partial charge in [0.25, 0.3) is 0 Å². The molecule has 0 spiro atoms. The van der Waals surface area contributed by atoms with Crippen LogP contribution in [0, 0.1) is 17.6 Å². The Bertz CT molecular complexity index is 513. The maximum absolute atomic E-state index is 13.6. The van der Waals surface area contributed by atoms with Gasteiger partial charge in [0.2, 0.25) is 5.91 Å². The minimum Gasteiger partial charge on any atom is -0.379 e. The lowest BCUT2D eigenvalue weighted by Gasteiger charge is -2.18. The third-order valence-corrected chi connectivity index (χ3v) is 3.76. The molecule has 1 heterocycles. The molecular weight excluding hydrogens is 334 g/mol. The van der Waals surface area contributed by atoms with Gasteiger partial charge in [-0.25, -0.2) is 8.78 Å². The molecule has 2 atom stereocenters. The minimum absolute atomic E-state index is 0.0505. The second-order valence-corrected chi connectivity index (χ2v) is 5.40. The highest BCUT2D eigenvalue weighted by atomic mass is 79.9. The summed E-state index contributed by atoms with van der Waals surface area (Å²) in [7, 11) is 0. The van der Waals surface area contributed by atoms with E-state index in [1.807, 2.05) is 6.92 Å². The molecule has 0 bridgehead atoms. The number of halogens is 3. The number of ether oxygens (including phenoxy) is 1. The lowest BCUT2D eigenvalue weighted by atomic mass is 10.0. The van der Waals surface area contributed by atoms with E-state index in [1.165, 1.54) is 6.07 Å². The molecule has 1 aromatic carbocycles. The van der Waals surface area contributed by atoms with Crippen LogP contribution >= 0.6 is 15.9 Å². The van der Waals surface area contributed by atoms with Crippen LogP contribution < -0.4 is 10.6 Å². The van der Waals surface area contributed by atoms with Gasteiger partial charge in [0.1, 0.15) is 11.6 Å². The van der Waals surface area contributed by atoms with Gasteiger partial charge in [-0.2, -0.15) is 0 Å². The summed E-state index contributed by atoms with van der Waals surface area (Å²) < 4.78 is 32.1. The summed E-state index contributed by atoms with van der Waals surface area (Å²) >= 11 is 2.96. The Kier molecular flexibility index (Phi) is 5.06. The van der Waals surface area contributed by atoms with Gasteiger partial charge in [0, 0.05) is 12.1 Å². The van der Waals surface area contributed by atoms with Crippen molar-refractivity contribution in [2.75, 3.05) is 25.1 Å². The Labute approximate surface area is 124 Å². The van der Waals surface area contributed by atoms with E-state index in [2.05, 4.69) is 26.6 Å². The Morgan fingerprint density at radius 2 is 2.15 bits per heavy atom. The SMILES string of the molecule is CCNC1COCC1C(=O)Nc1cc(Br)c(F)cc1F. The molecule has 1 aromatic rings. The zero-order valence-corrected chi connectivity index (χ0v) is 12.5. The molecule has 7 heteroatoms. The van der Waals surface area contributed by atoms with Crippen molar-refractivity contribution in [3.8, 4) is 0 Å². The van der Waals surface area contributed by atoms with Crippen LogP contribution in [0.2, 0.25) is 0 Å². The van der Waals surface area contributed by atoms with E-state index in [4.69, 9.17) is 4.74 Å². The number of hydrogen-bond acceptors (Lipinski definition) is 3. The molecule has 1 amide bonds. The smallest absolute Gasteiger partial charge is 0.231 e. The third-order valence-electron chi connectivity index (χ3n) is 3.15. The highest BCUT2D eigenvalue weighted by molar-refractivity contribution is 9.10. The van der Waals surface area contributed by atoms with E-state index in [0.717, 1.165) is 6.07 Å². The molecule has 0 aromatic heterocycles. The largest absolute Gasteiger partial charge is 0.379 e. The molecule has 2 unspecified atom stereocenters. The van der Waals surface area contributed by atoms with E-state index in [-0.39, 0.29) is 28.7 Å². The lowest BCUT2D eigenvalue weighted by molar-refractivity contribution is -0.120. The van der Waals surface area contributed by atoms with Gasteiger partial charge in [-0.15, -0.1) is 0 Å². The Balaban J connectivity index is 2.09. The predicted octanol–water partition coefficient (Wildman–Crippen LogP) is 2.29. The fourth-order valence-corrected chi connectivity index (χ4v) is 2.46. The molecule has 4 nitrogen and oxygen atoms in total. The highest BCUT2D eigenvalue weighted by Crippen LogP contribution is 2.25. The van der Waals surface area contributed by atoms with Crippen molar-refractivity contribution in [3.05, 3.63) is 28.2 Å². The summed E-state index contributed by atoms with van der Waals surface area (Å²) in [6, 6.07) is 1.85.